The van der Waals surface area contributed by atoms with Crippen LogP contribution in [0.1, 0.15) is 27.3 Å². The smallest absolute Gasteiger partial charge is 0.360 e. The summed E-state index contributed by atoms with van der Waals surface area (Å²) in [4.78, 5) is 11.6. The fourth-order valence-electron chi connectivity index (χ4n) is 1.89. The maximum absolute atomic E-state index is 11.6. The summed E-state index contributed by atoms with van der Waals surface area (Å²) in [5.41, 5.74) is 3.95. The average molecular weight is 279 g/mol. The Hall–Kier alpha value is -1.81. The number of hydrogen-bond acceptors (Lipinski definition) is 3. The van der Waals surface area contributed by atoms with E-state index >= 15 is 0 Å². The molecule has 0 unspecified atom stereocenters. The minimum Gasteiger partial charge on any atom is -0.464 e. The number of aryl methyl sites for hydroxylation is 2. The predicted octanol–water partition coefficient (Wildman–Crippen LogP) is 3.24. The van der Waals surface area contributed by atoms with Crippen molar-refractivity contribution < 1.29 is 9.53 Å². The van der Waals surface area contributed by atoms with Crippen LogP contribution in [0.25, 0.3) is 5.69 Å². The molecule has 0 spiro atoms. The number of methoxy groups -OCH3 is 1. The quantitative estimate of drug-likeness (QED) is 0.792. The fraction of sp³-hybridized carbons (Fsp3) is 0.286. The molecule has 0 aliphatic rings. The summed E-state index contributed by atoms with van der Waals surface area (Å²) in [5.74, 6) is -0.530. The van der Waals surface area contributed by atoms with Crippen molar-refractivity contribution in [2.24, 2.45) is 0 Å². The second kappa shape index (κ2) is 5.05. The number of hydrogen-bond donors (Lipinski definition) is 0. The first-order valence-electron chi connectivity index (χ1n) is 5.86. The van der Waals surface area contributed by atoms with Crippen molar-refractivity contribution in [3.8, 4) is 5.69 Å². The molecule has 0 atom stereocenters. The minimum atomic E-state index is -0.530. The number of benzene rings is 1. The summed E-state index contributed by atoms with van der Waals surface area (Å²) in [6, 6.07) is 6.05. The molecule has 0 bridgehead atoms. The Morgan fingerprint density at radius 2 is 2.00 bits per heavy atom. The van der Waals surface area contributed by atoms with E-state index in [9.17, 15) is 4.79 Å². The fourth-order valence-corrected chi connectivity index (χ4v) is 2.09. The van der Waals surface area contributed by atoms with Gasteiger partial charge in [0.2, 0.25) is 0 Å². The van der Waals surface area contributed by atoms with Gasteiger partial charge in [-0.2, -0.15) is 5.10 Å². The highest BCUT2D eigenvalue weighted by atomic mass is 35.5. The van der Waals surface area contributed by atoms with E-state index in [0.29, 0.717) is 5.02 Å². The predicted molar refractivity (Wildman–Crippen MR) is 74.1 cm³/mol. The van der Waals surface area contributed by atoms with Gasteiger partial charge in [0.25, 0.3) is 0 Å². The van der Waals surface area contributed by atoms with Crippen molar-refractivity contribution in [2.45, 2.75) is 20.8 Å². The van der Waals surface area contributed by atoms with Crippen LogP contribution in [0.4, 0.5) is 0 Å². The summed E-state index contributed by atoms with van der Waals surface area (Å²) in [6.45, 7) is 5.82. The third-order valence-corrected chi connectivity index (χ3v) is 3.47. The lowest BCUT2D eigenvalue weighted by atomic mass is 10.1. The third kappa shape index (κ3) is 2.36. The van der Waals surface area contributed by atoms with Gasteiger partial charge in [-0.05, 0) is 38.0 Å². The Labute approximate surface area is 116 Å². The van der Waals surface area contributed by atoms with E-state index in [-0.39, 0.29) is 5.69 Å². The van der Waals surface area contributed by atoms with Crippen LogP contribution in [0.15, 0.2) is 18.2 Å². The standard InChI is InChI=1S/C14H15ClN2O2/c1-8-5-6-9(2)11(7-8)17-10(3)12(15)13(16-17)14(18)19-4/h5-7H,1-4H3. The molecule has 0 radical (unpaired) electrons. The van der Waals surface area contributed by atoms with E-state index in [4.69, 9.17) is 11.6 Å². The van der Waals surface area contributed by atoms with E-state index < -0.39 is 5.97 Å². The van der Waals surface area contributed by atoms with Gasteiger partial charge in [0.15, 0.2) is 5.69 Å². The summed E-state index contributed by atoms with van der Waals surface area (Å²) in [6.07, 6.45) is 0. The van der Waals surface area contributed by atoms with Gasteiger partial charge >= 0.3 is 5.97 Å². The summed E-state index contributed by atoms with van der Waals surface area (Å²) in [5, 5.41) is 4.59. The summed E-state index contributed by atoms with van der Waals surface area (Å²) in [7, 11) is 1.31. The molecule has 19 heavy (non-hydrogen) atoms. The Kier molecular flexibility index (Phi) is 3.62. The van der Waals surface area contributed by atoms with Crippen molar-refractivity contribution in [2.75, 3.05) is 7.11 Å². The van der Waals surface area contributed by atoms with Crippen molar-refractivity contribution in [3.05, 3.63) is 45.7 Å². The molecule has 0 aliphatic heterocycles. The highest BCUT2D eigenvalue weighted by Crippen LogP contribution is 2.25. The lowest BCUT2D eigenvalue weighted by Gasteiger charge is -2.09. The van der Waals surface area contributed by atoms with Crippen LogP contribution in [0, 0.1) is 20.8 Å². The number of carbonyl (C=O) groups excluding carboxylic acids is 1. The summed E-state index contributed by atoms with van der Waals surface area (Å²) < 4.78 is 6.35. The maximum atomic E-state index is 11.6. The van der Waals surface area contributed by atoms with E-state index in [0.717, 1.165) is 22.5 Å². The van der Waals surface area contributed by atoms with Crippen LogP contribution in [0.5, 0.6) is 0 Å². The van der Waals surface area contributed by atoms with E-state index in [1.165, 1.54) is 7.11 Å². The highest BCUT2D eigenvalue weighted by Gasteiger charge is 2.21. The second-order valence-corrected chi connectivity index (χ2v) is 4.82. The maximum Gasteiger partial charge on any atom is 0.360 e. The Balaban J connectivity index is 2.63. The van der Waals surface area contributed by atoms with Gasteiger partial charge in [-0.1, -0.05) is 23.7 Å². The first kappa shape index (κ1) is 13.6. The second-order valence-electron chi connectivity index (χ2n) is 4.44. The van der Waals surface area contributed by atoms with E-state index in [2.05, 4.69) is 9.84 Å². The lowest BCUT2D eigenvalue weighted by Crippen LogP contribution is -2.06. The van der Waals surface area contributed by atoms with Gasteiger partial charge < -0.3 is 4.74 Å². The third-order valence-electron chi connectivity index (χ3n) is 3.01. The van der Waals surface area contributed by atoms with Crippen molar-refractivity contribution in [3.63, 3.8) is 0 Å². The highest BCUT2D eigenvalue weighted by molar-refractivity contribution is 6.34. The Morgan fingerprint density at radius 3 is 2.63 bits per heavy atom. The molecule has 0 amide bonds. The monoisotopic (exact) mass is 278 g/mol. The molecular formula is C14H15ClN2O2. The van der Waals surface area contributed by atoms with Crippen LogP contribution < -0.4 is 0 Å². The first-order valence-corrected chi connectivity index (χ1v) is 6.24. The molecular weight excluding hydrogens is 264 g/mol. The number of carbonyl (C=O) groups is 1. The number of nitrogens with zero attached hydrogens (tertiary/aromatic N) is 2. The van der Waals surface area contributed by atoms with Crippen LogP contribution in [-0.2, 0) is 4.74 Å². The number of esters is 1. The zero-order chi connectivity index (χ0) is 14.2. The van der Waals surface area contributed by atoms with Crippen LogP contribution in [0.3, 0.4) is 0 Å². The Morgan fingerprint density at radius 1 is 1.32 bits per heavy atom. The van der Waals surface area contributed by atoms with Gasteiger partial charge in [0.05, 0.1) is 23.5 Å². The van der Waals surface area contributed by atoms with Gasteiger partial charge in [0, 0.05) is 0 Å². The molecule has 0 saturated carbocycles. The normalized spacial score (nSPS) is 10.6. The molecule has 1 aromatic carbocycles. The zero-order valence-electron chi connectivity index (χ0n) is 11.3. The largest absolute Gasteiger partial charge is 0.464 e. The van der Waals surface area contributed by atoms with E-state index in [1.807, 2.05) is 39.0 Å². The van der Waals surface area contributed by atoms with Gasteiger partial charge in [0.1, 0.15) is 0 Å². The van der Waals surface area contributed by atoms with Gasteiger partial charge in [-0.3, -0.25) is 0 Å². The minimum absolute atomic E-state index is 0.141. The number of ether oxygens (including phenoxy) is 1. The molecule has 0 N–H and O–H groups in total. The van der Waals surface area contributed by atoms with E-state index in [1.54, 1.807) is 4.68 Å². The SMILES string of the molecule is COC(=O)c1nn(-c2cc(C)ccc2C)c(C)c1Cl. The topological polar surface area (TPSA) is 44.1 Å². The molecule has 0 saturated heterocycles. The molecule has 2 aromatic rings. The average Bonchev–Trinajstić information content (AvgIpc) is 2.69. The molecule has 1 aromatic heterocycles. The molecule has 4 nitrogen and oxygen atoms in total. The number of rotatable bonds is 2. The van der Waals surface area contributed by atoms with Crippen molar-refractivity contribution >= 4 is 17.6 Å². The number of halogens is 1. The van der Waals surface area contributed by atoms with Crippen LogP contribution in [-0.4, -0.2) is 22.9 Å². The molecule has 2 rings (SSSR count). The summed E-state index contributed by atoms with van der Waals surface area (Å²) >= 11 is 6.15. The first-order chi connectivity index (χ1) is 8.95. The Bertz CT molecular complexity index is 647. The van der Waals surface area contributed by atoms with Gasteiger partial charge in [-0.25, -0.2) is 9.48 Å². The van der Waals surface area contributed by atoms with Crippen molar-refractivity contribution in [1.82, 2.24) is 9.78 Å². The zero-order valence-corrected chi connectivity index (χ0v) is 12.1. The molecule has 100 valence electrons. The molecule has 5 heteroatoms. The molecule has 0 fully saturated rings. The van der Waals surface area contributed by atoms with Crippen molar-refractivity contribution in [1.29, 1.82) is 0 Å². The lowest BCUT2D eigenvalue weighted by molar-refractivity contribution is 0.0593. The van der Waals surface area contributed by atoms with Crippen LogP contribution >= 0.6 is 11.6 Å². The molecule has 0 aliphatic carbocycles. The van der Waals surface area contributed by atoms with Crippen LogP contribution in [0.2, 0.25) is 5.02 Å². The molecule has 1 heterocycles. The number of aromatic nitrogens is 2. The van der Waals surface area contributed by atoms with Gasteiger partial charge in [-0.15, -0.1) is 0 Å².